The minimum Gasteiger partial charge on any atom is -0.481 e. The Balaban J connectivity index is 3.19. The standard InChI is InChI=1S/C14H19NO5/c1-14(2,3)20-13(19)9-6-4-5-8(11(9)15)10(7-16)12(17)18/h4-6,10,16H,7,15H2,1-3H3,(H,17,18). The summed E-state index contributed by atoms with van der Waals surface area (Å²) in [4.78, 5) is 23.1. The Labute approximate surface area is 117 Å². The Morgan fingerprint density at radius 2 is 1.95 bits per heavy atom. The average Bonchev–Trinajstić information content (AvgIpc) is 2.29. The largest absolute Gasteiger partial charge is 0.481 e. The third-order valence-electron chi connectivity index (χ3n) is 2.61. The van der Waals surface area contributed by atoms with E-state index in [2.05, 4.69) is 0 Å². The van der Waals surface area contributed by atoms with Gasteiger partial charge in [-0.1, -0.05) is 12.1 Å². The zero-order valence-electron chi connectivity index (χ0n) is 11.7. The molecule has 1 atom stereocenters. The fraction of sp³-hybridized carbons (Fsp3) is 0.429. The van der Waals surface area contributed by atoms with Gasteiger partial charge >= 0.3 is 11.9 Å². The molecule has 1 unspecified atom stereocenters. The lowest BCUT2D eigenvalue weighted by Gasteiger charge is -2.21. The molecule has 4 N–H and O–H groups in total. The molecule has 1 rings (SSSR count). The fourth-order valence-corrected chi connectivity index (χ4v) is 1.71. The Kier molecular flexibility index (Phi) is 4.73. The van der Waals surface area contributed by atoms with Crippen molar-refractivity contribution in [3.8, 4) is 0 Å². The first kappa shape index (κ1) is 16.0. The molecule has 0 fully saturated rings. The third-order valence-corrected chi connectivity index (χ3v) is 2.61. The van der Waals surface area contributed by atoms with E-state index >= 15 is 0 Å². The van der Waals surface area contributed by atoms with E-state index in [1.54, 1.807) is 20.8 Å². The number of aliphatic carboxylic acids is 1. The van der Waals surface area contributed by atoms with E-state index in [1.807, 2.05) is 0 Å². The number of para-hydroxylation sites is 1. The van der Waals surface area contributed by atoms with E-state index in [0.29, 0.717) is 0 Å². The second kappa shape index (κ2) is 5.92. The highest BCUT2D eigenvalue weighted by Crippen LogP contribution is 2.27. The van der Waals surface area contributed by atoms with Gasteiger partial charge in [0, 0.05) is 0 Å². The van der Waals surface area contributed by atoms with E-state index in [1.165, 1.54) is 18.2 Å². The third kappa shape index (κ3) is 3.71. The number of nitrogens with two attached hydrogens (primary N) is 1. The quantitative estimate of drug-likeness (QED) is 0.568. The molecule has 20 heavy (non-hydrogen) atoms. The summed E-state index contributed by atoms with van der Waals surface area (Å²) in [5.74, 6) is -3.00. The molecular formula is C14H19NO5. The summed E-state index contributed by atoms with van der Waals surface area (Å²) in [5.41, 5.74) is 5.47. The second-order valence-electron chi connectivity index (χ2n) is 5.38. The van der Waals surface area contributed by atoms with Gasteiger partial charge in [0.1, 0.15) is 11.5 Å². The Bertz CT molecular complexity index is 519. The number of aliphatic hydroxyl groups is 1. The van der Waals surface area contributed by atoms with E-state index in [9.17, 15) is 9.59 Å². The van der Waals surface area contributed by atoms with Crippen molar-refractivity contribution in [1.82, 2.24) is 0 Å². The van der Waals surface area contributed by atoms with Gasteiger partial charge in [-0.3, -0.25) is 4.79 Å². The second-order valence-corrected chi connectivity index (χ2v) is 5.38. The average molecular weight is 281 g/mol. The number of rotatable bonds is 4. The van der Waals surface area contributed by atoms with Crippen LogP contribution < -0.4 is 5.73 Å². The van der Waals surface area contributed by atoms with Crippen LogP contribution in [0.25, 0.3) is 0 Å². The predicted octanol–water partition coefficient (Wildman–Crippen LogP) is 1.38. The van der Waals surface area contributed by atoms with Crippen LogP contribution in [0.5, 0.6) is 0 Å². The number of carbonyl (C=O) groups is 2. The lowest BCUT2D eigenvalue weighted by atomic mass is 9.95. The number of hydrogen-bond acceptors (Lipinski definition) is 5. The molecule has 0 aliphatic rings. The smallest absolute Gasteiger partial charge is 0.340 e. The zero-order valence-corrected chi connectivity index (χ0v) is 11.7. The SMILES string of the molecule is CC(C)(C)OC(=O)c1cccc(C(CO)C(=O)O)c1N. The summed E-state index contributed by atoms with van der Waals surface area (Å²) in [6, 6.07) is 4.44. The first-order valence-electron chi connectivity index (χ1n) is 6.12. The number of carbonyl (C=O) groups excluding carboxylic acids is 1. The van der Waals surface area contributed by atoms with Crippen LogP contribution in [0.2, 0.25) is 0 Å². The van der Waals surface area contributed by atoms with Crippen molar-refractivity contribution in [1.29, 1.82) is 0 Å². The first-order chi connectivity index (χ1) is 9.17. The van der Waals surface area contributed by atoms with Gasteiger partial charge in [-0.25, -0.2) is 4.79 Å². The summed E-state index contributed by atoms with van der Waals surface area (Å²) in [5, 5.41) is 18.2. The lowest BCUT2D eigenvalue weighted by molar-refractivity contribution is -0.139. The molecule has 110 valence electrons. The molecule has 0 amide bonds. The van der Waals surface area contributed by atoms with Crippen molar-refractivity contribution in [3.63, 3.8) is 0 Å². The van der Waals surface area contributed by atoms with Gasteiger partial charge in [-0.15, -0.1) is 0 Å². The normalized spacial score (nSPS) is 12.8. The Morgan fingerprint density at radius 1 is 1.35 bits per heavy atom. The molecule has 0 heterocycles. The van der Waals surface area contributed by atoms with Crippen LogP contribution in [0.4, 0.5) is 5.69 Å². The Morgan fingerprint density at radius 3 is 2.40 bits per heavy atom. The van der Waals surface area contributed by atoms with Crippen molar-refractivity contribution in [2.45, 2.75) is 32.3 Å². The van der Waals surface area contributed by atoms with Crippen molar-refractivity contribution >= 4 is 17.6 Å². The molecule has 0 aromatic heterocycles. The maximum absolute atomic E-state index is 12.0. The van der Waals surface area contributed by atoms with Crippen molar-refractivity contribution in [2.24, 2.45) is 0 Å². The monoisotopic (exact) mass is 281 g/mol. The summed E-state index contributed by atoms with van der Waals surface area (Å²) < 4.78 is 5.20. The summed E-state index contributed by atoms with van der Waals surface area (Å²) in [6.07, 6.45) is 0. The number of hydrogen-bond donors (Lipinski definition) is 3. The van der Waals surface area contributed by atoms with E-state index in [0.717, 1.165) is 0 Å². The molecule has 0 radical (unpaired) electrons. The number of benzene rings is 1. The predicted molar refractivity (Wildman–Crippen MR) is 73.5 cm³/mol. The molecule has 0 saturated heterocycles. The molecule has 6 nitrogen and oxygen atoms in total. The van der Waals surface area contributed by atoms with E-state index < -0.39 is 30.1 Å². The first-order valence-corrected chi connectivity index (χ1v) is 6.12. The number of nitrogen functional groups attached to an aromatic ring is 1. The molecule has 0 spiro atoms. The van der Waals surface area contributed by atoms with Crippen LogP contribution in [0.15, 0.2) is 18.2 Å². The lowest BCUT2D eigenvalue weighted by Crippen LogP contribution is -2.25. The molecule has 0 aliphatic heterocycles. The summed E-state index contributed by atoms with van der Waals surface area (Å²) in [7, 11) is 0. The van der Waals surface area contributed by atoms with Crippen molar-refractivity contribution < 1.29 is 24.5 Å². The maximum atomic E-state index is 12.0. The van der Waals surface area contributed by atoms with Gasteiger partial charge in [0.15, 0.2) is 0 Å². The highest BCUT2D eigenvalue weighted by atomic mass is 16.6. The number of esters is 1. The van der Waals surface area contributed by atoms with Crippen LogP contribution in [0, 0.1) is 0 Å². The van der Waals surface area contributed by atoms with Crippen LogP contribution in [0.3, 0.4) is 0 Å². The molecule has 0 bridgehead atoms. The van der Waals surface area contributed by atoms with Gasteiger partial charge < -0.3 is 20.7 Å². The molecule has 0 aliphatic carbocycles. The van der Waals surface area contributed by atoms with E-state index in [-0.39, 0.29) is 16.8 Å². The van der Waals surface area contributed by atoms with Crippen molar-refractivity contribution in [3.05, 3.63) is 29.3 Å². The van der Waals surface area contributed by atoms with Crippen LogP contribution in [-0.4, -0.2) is 34.4 Å². The van der Waals surface area contributed by atoms with Gasteiger partial charge in [0.2, 0.25) is 0 Å². The van der Waals surface area contributed by atoms with Gasteiger partial charge in [0.25, 0.3) is 0 Å². The number of anilines is 1. The number of carboxylic acid groups (broad SMARTS) is 1. The fourth-order valence-electron chi connectivity index (χ4n) is 1.71. The number of ether oxygens (including phenoxy) is 1. The highest BCUT2D eigenvalue weighted by molar-refractivity contribution is 5.97. The van der Waals surface area contributed by atoms with Crippen LogP contribution >= 0.6 is 0 Å². The number of aliphatic hydroxyl groups excluding tert-OH is 1. The molecular weight excluding hydrogens is 262 g/mol. The molecule has 0 saturated carbocycles. The number of carboxylic acids is 1. The minimum atomic E-state index is -1.21. The zero-order chi connectivity index (χ0) is 15.5. The van der Waals surface area contributed by atoms with Crippen LogP contribution in [0.1, 0.15) is 42.6 Å². The topological polar surface area (TPSA) is 110 Å². The minimum absolute atomic E-state index is 0.0169. The maximum Gasteiger partial charge on any atom is 0.340 e. The van der Waals surface area contributed by atoms with Crippen molar-refractivity contribution in [2.75, 3.05) is 12.3 Å². The van der Waals surface area contributed by atoms with Gasteiger partial charge in [0.05, 0.1) is 17.9 Å². The Hall–Kier alpha value is -2.08. The van der Waals surface area contributed by atoms with Crippen LogP contribution in [-0.2, 0) is 9.53 Å². The summed E-state index contributed by atoms with van der Waals surface area (Å²) in [6.45, 7) is 4.56. The van der Waals surface area contributed by atoms with E-state index in [4.69, 9.17) is 20.7 Å². The van der Waals surface area contributed by atoms with Gasteiger partial charge in [-0.2, -0.15) is 0 Å². The van der Waals surface area contributed by atoms with Gasteiger partial charge in [-0.05, 0) is 32.4 Å². The molecule has 1 aromatic rings. The highest BCUT2D eigenvalue weighted by Gasteiger charge is 2.26. The molecule has 1 aromatic carbocycles. The molecule has 6 heteroatoms. The summed E-state index contributed by atoms with van der Waals surface area (Å²) >= 11 is 0.